The third kappa shape index (κ3) is 4.76. The first-order valence-corrected chi connectivity index (χ1v) is 8.56. The zero-order valence-electron chi connectivity index (χ0n) is 15.2. The van der Waals surface area contributed by atoms with Crippen LogP contribution in [0.5, 0.6) is 0 Å². The summed E-state index contributed by atoms with van der Waals surface area (Å²) in [4.78, 5) is 10.4. The van der Waals surface area contributed by atoms with Crippen LogP contribution < -0.4 is 0 Å². The Hall–Kier alpha value is -3.00. The summed E-state index contributed by atoms with van der Waals surface area (Å²) in [6.07, 6.45) is -9.27. The van der Waals surface area contributed by atoms with Gasteiger partial charge in [-0.25, -0.2) is 0 Å². The van der Waals surface area contributed by atoms with E-state index in [0.717, 1.165) is 0 Å². The Labute approximate surface area is 167 Å². The van der Waals surface area contributed by atoms with Gasteiger partial charge in [0.05, 0.1) is 49.1 Å². The first-order valence-electron chi connectivity index (χ1n) is 8.56. The smallest absolute Gasteiger partial charge is 0.167 e. The fourth-order valence-electron chi connectivity index (χ4n) is 3.42. The highest BCUT2D eigenvalue weighted by Crippen LogP contribution is 2.33. The molecule has 30 heavy (non-hydrogen) atoms. The van der Waals surface area contributed by atoms with E-state index in [9.17, 15) is 20.4 Å². The van der Waals surface area contributed by atoms with Crippen LogP contribution in [-0.2, 0) is 9.47 Å². The zero-order chi connectivity index (χ0) is 22.3. The van der Waals surface area contributed by atoms with Crippen LogP contribution in [-0.4, -0.2) is 88.0 Å². The molecule has 2 aliphatic rings. The van der Waals surface area contributed by atoms with Gasteiger partial charge in [0.25, 0.3) is 0 Å². The maximum Gasteiger partial charge on any atom is 0.167 e. The molecule has 1 aliphatic heterocycles. The molecule has 0 radical (unpaired) electrons. The summed E-state index contributed by atoms with van der Waals surface area (Å²) >= 11 is 0. The maximum absolute atomic E-state index is 10.4. The lowest BCUT2D eigenvalue weighted by Crippen LogP contribution is -2.62. The minimum atomic E-state index is -1.71. The van der Waals surface area contributed by atoms with Crippen molar-refractivity contribution in [1.82, 2.24) is 0 Å². The Kier molecular flexibility index (Phi) is 8.29. The van der Waals surface area contributed by atoms with Crippen molar-refractivity contribution in [3.63, 3.8) is 0 Å². The summed E-state index contributed by atoms with van der Waals surface area (Å²) in [6, 6.07) is -5.05. The molecule has 0 aromatic rings. The van der Waals surface area contributed by atoms with Crippen LogP contribution in [0.4, 0.5) is 0 Å². The molecule has 18 heteroatoms. The summed E-state index contributed by atoms with van der Waals surface area (Å²) in [5.74, 6) is 0. The second kappa shape index (κ2) is 10.7. The number of nitrogens with zero attached hydrogens (tertiary/aromatic N) is 12. The van der Waals surface area contributed by atoms with Crippen LogP contribution in [0.1, 0.15) is 6.42 Å². The number of aliphatic hydroxyl groups is 4. The van der Waals surface area contributed by atoms with Crippen LogP contribution in [0.25, 0.3) is 41.8 Å². The van der Waals surface area contributed by atoms with Gasteiger partial charge in [-0.3, -0.25) is 0 Å². The number of ether oxygens (including phenoxy) is 2. The summed E-state index contributed by atoms with van der Waals surface area (Å²) in [5, 5.41) is 53.9. The monoisotopic (exact) mass is 426 g/mol. The number of hydrogen-bond donors (Lipinski definition) is 4. The van der Waals surface area contributed by atoms with Gasteiger partial charge in [-0.05, 0) is 28.5 Å². The lowest BCUT2D eigenvalue weighted by Gasteiger charge is -2.45. The second-order valence-corrected chi connectivity index (χ2v) is 6.47. The molecule has 0 aromatic heterocycles. The Morgan fingerprint density at radius 3 is 1.93 bits per heavy atom. The van der Waals surface area contributed by atoms with Gasteiger partial charge >= 0.3 is 0 Å². The molecular weight excluding hydrogens is 408 g/mol. The van der Waals surface area contributed by atoms with Gasteiger partial charge in [0.1, 0.15) is 12.2 Å². The highest BCUT2D eigenvalue weighted by atomic mass is 16.7. The van der Waals surface area contributed by atoms with E-state index in [1.807, 2.05) is 0 Å². The van der Waals surface area contributed by atoms with Gasteiger partial charge in [-0.15, -0.1) is 0 Å². The standard InChI is InChI=1S/C12H18N12O6/c13-21-17-3-1-4(18-22-14)11(10(28)8(3)26)30-12-7(20-24-16)6(19-23-15)9(27)5(2-25)29-12/h3-12,25-28H,1-2H2/t3-,4?,5?,6?,7?,8?,9-,10?,11-,12-/m1/s1. The lowest BCUT2D eigenvalue weighted by atomic mass is 9.84. The van der Waals surface area contributed by atoms with Crippen molar-refractivity contribution in [1.29, 1.82) is 0 Å². The number of azide groups is 4. The predicted octanol–water partition coefficient (Wildman–Crippen LogP) is 0.291. The minimum absolute atomic E-state index is 0.179. The van der Waals surface area contributed by atoms with E-state index >= 15 is 0 Å². The summed E-state index contributed by atoms with van der Waals surface area (Å²) in [6.45, 7) is -0.712. The molecule has 0 bridgehead atoms. The van der Waals surface area contributed by atoms with E-state index in [-0.39, 0.29) is 6.42 Å². The quantitative estimate of drug-likeness (QED) is 0.251. The van der Waals surface area contributed by atoms with Crippen molar-refractivity contribution in [3.05, 3.63) is 41.8 Å². The van der Waals surface area contributed by atoms with Crippen molar-refractivity contribution in [3.8, 4) is 0 Å². The van der Waals surface area contributed by atoms with E-state index in [1.54, 1.807) is 0 Å². The predicted molar refractivity (Wildman–Crippen MR) is 95.0 cm³/mol. The molecule has 0 aromatic carbocycles. The number of rotatable bonds is 7. The Morgan fingerprint density at radius 1 is 0.800 bits per heavy atom. The maximum atomic E-state index is 10.4. The van der Waals surface area contributed by atoms with Crippen molar-refractivity contribution in [2.45, 2.75) is 67.4 Å². The molecule has 162 valence electrons. The third-order valence-corrected chi connectivity index (χ3v) is 4.85. The number of aliphatic hydroxyl groups excluding tert-OH is 4. The van der Waals surface area contributed by atoms with Crippen LogP contribution in [0.15, 0.2) is 20.5 Å². The number of hydrogen-bond acceptors (Lipinski definition) is 10. The molecule has 1 saturated heterocycles. The zero-order valence-corrected chi connectivity index (χ0v) is 15.2. The van der Waals surface area contributed by atoms with E-state index < -0.39 is 67.6 Å². The first kappa shape index (κ1) is 23.3. The second-order valence-electron chi connectivity index (χ2n) is 6.47. The van der Waals surface area contributed by atoms with Gasteiger partial charge in [0, 0.05) is 19.6 Å². The lowest BCUT2D eigenvalue weighted by molar-refractivity contribution is -0.277. The highest BCUT2D eigenvalue weighted by molar-refractivity contribution is 5.03. The van der Waals surface area contributed by atoms with Crippen LogP contribution >= 0.6 is 0 Å². The van der Waals surface area contributed by atoms with Gasteiger partial charge in [0.15, 0.2) is 6.29 Å². The van der Waals surface area contributed by atoms with E-state index in [2.05, 4.69) is 40.1 Å². The SMILES string of the molecule is [N-]=[N+]=NC1C(N=[N+]=[N-])[C@H](O)C(CO)O[C@@H]1O[C@@H]1C(N=[N+]=[N-])C[C@@H](N=[N+]=[N-])C(O)C1O. The van der Waals surface area contributed by atoms with Crippen molar-refractivity contribution < 1.29 is 29.9 Å². The molecule has 0 amide bonds. The third-order valence-electron chi connectivity index (χ3n) is 4.85. The van der Waals surface area contributed by atoms with Crippen molar-refractivity contribution in [2.24, 2.45) is 20.5 Å². The summed E-state index contributed by atoms with van der Waals surface area (Å²) < 4.78 is 11.0. The first-order chi connectivity index (χ1) is 14.4. The molecule has 6 unspecified atom stereocenters. The Morgan fingerprint density at radius 2 is 1.37 bits per heavy atom. The van der Waals surface area contributed by atoms with Crippen LogP contribution in [0.2, 0.25) is 0 Å². The topological polar surface area (TPSA) is 294 Å². The fraction of sp³-hybridized carbons (Fsp3) is 1.00. The van der Waals surface area contributed by atoms with E-state index in [1.165, 1.54) is 0 Å². The highest BCUT2D eigenvalue weighted by Gasteiger charge is 2.50. The van der Waals surface area contributed by atoms with Gasteiger partial charge in [0.2, 0.25) is 0 Å². The van der Waals surface area contributed by atoms with Gasteiger partial charge < -0.3 is 29.9 Å². The molecule has 1 saturated carbocycles. The van der Waals surface area contributed by atoms with Crippen molar-refractivity contribution >= 4 is 0 Å². The molecule has 1 heterocycles. The average Bonchev–Trinajstić information content (AvgIpc) is 2.73. The fourth-order valence-corrected chi connectivity index (χ4v) is 3.42. The molecule has 10 atom stereocenters. The Bertz CT molecular complexity index is 804. The van der Waals surface area contributed by atoms with Gasteiger partial charge in [-0.1, -0.05) is 20.5 Å². The molecule has 1 aliphatic carbocycles. The van der Waals surface area contributed by atoms with Crippen molar-refractivity contribution in [2.75, 3.05) is 6.61 Å². The summed E-state index contributed by atoms with van der Waals surface area (Å²) in [7, 11) is 0. The molecule has 2 rings (SSSR count). The van der Waals surface area contributed by atoms with Crippen LogP contribution in [0, 0.1) is 0 Å². The summed E-state index contributed by atoms with van der Waals surface area (Å²) in [5.41, 5.74) is 35.0. The van der Waals surface area contributed by atoms with E-state index in [0.29, 0.717) is 0 Å². The molecule has 0 spiro atoms. The minimum Gasteiger partial charge on any atom is -0.394 e. The normalized spacial score (nSPS) is 40.7. The van der Waals surface area contributed by atoms with Crippen LogP contribution in [0.3, 0.4) is 0 Å². The Balaban J connectivity index is 2.39. The largest absolute Gasteiger partial charge is 0.394 e. The van der Waals surface area contributed by atoms with E-state index in [4.69, 9.17) is 31.6 Å². The average molecular weight is 426 g/mol. The van der Waals surface area contributed by atoms with Gasteiger partial charge in [-0.2, -0.15) is 0 Å². The molecular formula is C12H18N12O6. The molecule has 4 N–H and O–H groups in total. The molecule has 2 fully saturated rings. The molecule has 18 nitrogen and oxygen atoms in total.